The molecule has 1 aromatic rings. The lowest BCUT2D eigenvalue weighted by Gasteiger charge is -2.10. The van der Waals surface area contributed by atoms with Gasteiger partial charge in [-0.2, -0.15) is 5.26 Å². The Hall–Kier alpha value is -1.53. The molecule has 0 saturated carbocycles. The lowest BCUT2D eigenvalue weighted by Crippen LogP contribution is -2.11. The van der Waals surface area contributed by atoms with Crippen molar-refractivity contribution >= 4 is 17.6 Å². The molecule has 0 aromatic heterocycles. The van der Waals surface area contributed by atoms with Crippen LogP contribution in [0.2, 0.25) is 5.02 Å². The van der Waals surface area contributed by atoms with Gasteiger partial charge >= 0.3 is 5.97 Å². The second-order valence-corrected chi connectivity index (χ2v) is 3.58. The largest absolute Gasteiger partial charge is 0.481 e. The number of halogens is 1. The molecular weight excluding hydrogens is 214 g/mol. The zero-order chi connectivity index (χ0) is 11.3. The summed E-state index contributed by atoms with van der Waals surface area (Å²) in [6.07, 6.45) is 0.563. The Morgan fingerprint density at radius 1 is 1.47 bits per heavy atom. The Labute approximate surface area is 92.9 Å². The molecule has 15 heavy (non-hydrogen) atoms. The van der Waals surface area contributed by atoms with Crippen molar-refractivity contribution in [3.05, 3.63) is 34.9 Å². The molecule has 1 aromatic carbocycles. The first-order valence-electron chi connectivity index (χ1n) is 4.50. The lowest BCUT2D eigenvalue weighted by atomic mass is 9.95. The maximum Gasteiger partial charge on any atom is 0.311 e. The van der Waals surface area contributed by atoms with E-state index >= 15 is 0 Å². The van der Waals surface area contributed by atoms with E-state index in [4.69, 9.17) is 22.0 Å². The van der Waals surface area contributed by atoms with Gasteiger partial charge in [0, 0.05) is 11.4 Å². The highest BCUT2D eigenvalue weighted by atomic mass is 35.5. The molecule has 0 fully saturated rings. The summed E-state index contributed by atoms with van der Waals surface area (Å²) in [5, 5.41) is 18.0. The number of hydrogen-bond acceptors (Lipinski definition) is 2. The average Bonchev–Trinajstić information content (AvgIpc) is 2.21. The van der Waals surface area contributed by atoms with Gasteiger partial charge in [-0.1, -0.05) is 23.7 Å². The highest BCUT2D eigenvalue weighted by Crippen LogP contribution is 2.23. The van der Waals surface area contributed by atoms with Crippen LogP contribution in [0.1, 0.15) is 24.3 Å². The molecule has 0 heterocycles. The summed E-state index contributed by atoms with van der Waals surface area (Å²) in [6, 6.07) is 8.61. The Bertz CT molecular complexity index is 381. The first kappa shape index (κ1) is 11.5. The standard InChI is InChI=1S/C11H10ClNO2/c12-9-5-3-8(4-6-9)10(11(14)15)2-1-7-13/h3-6,10H,1-2H2,(H,14,15). The first-order valence-corrected chi connectivity index (χ1v) is 4.88. The Balaban J connectivity index is 2.85. The second kappa shape index (κ2) is 5.38. The van der Waals surface area contributed by atoms with Gasteiger partial charge in [-0.25, -0.2) is 0 Å². The minimum absolute atomic E-state index is 0.236. The van der Waals surface area contributed by atoms with Crippen molar-refractivity contribution in [2.45, 2.75) is 18.8 Å². The number of nitrogens with zero attached hydrogens (tertiary/aromatic N) is 1. The summed E-state index contributed by atoms with van der Waals surface area (Å²) in [5.74, 6) is -1.53. The molecule has 78 valence electrons. The fourth-order valence-corrected chi connectivity index (χ4v) is 1.46. The zero-order valence-electron chi connectivity index (χ0n) is 7.98. The van der Waals surface area contributed by atoms with Gasteiger partial charge in [0.15, 0.2) is 0 Å². The van der Waals surface area contributed by atoms with E-state index < -0.39 is 11.9 Å². The van der Waals surface area contributed by atoms with Crippen LogP contribution in [-0.2, 0) is 4.79 Å². The highest BCUT2D eigenvalue weighted by molar-refractivity contribution is 6.30. The van der Waals surface area contributed by atoms with Gasteiger partial charge in [0.25, 0.3) is 0 Å². The number of rotatable bonds is 4. The van der Waals surface area contributed by atoms with E-state index in [1.54, 1.807) is 24.3 Å². The van der Waals surface area contributed by atoms with Crippen molar-refractivity contribution in [3.63, 3.8) is 0 Å². The van der Waals surface area contributed by atoms with Gasteiger partial charge in [0.05, 0.1) is 12.0 Å². The fraction of sp³-hybridized carbons (Fsp3) is 0.273. The monoisotopic (exact) mass is 223 g/mol. The molecule has 4 heteroatoms. The number of nitriles is 1. The summed E-state index contributed by atoms with van der Waals surface area (Å²) < 4.78 is 0. The van der Waals surface area contributed by atoms with Crippen molar-refractivity contribution < 1.29 is 9.90 Å². The molecule has 1 N–H and O–H groups in total. The van der Waals surface area contributed by atoms with Gasteiger partial charge < -0.3 is 5.11 Å². The molecule has 0 saturated heterocycles. The number of carboxylic acids is 1. The Morgan fingerprint density at radius 3 is 2.53 bits per heavy atom. The number of carboxylic acid groups (broad SMARTS) is 1. The maximum absolute atomic E-state index is 10.9. The van der Waals surface area contributed by atoms with Crippen molar-refractivity contribution in [1.29, 1.82) is 5.26 Å². The van der Waals surface area contributed by atoms with Gasteiger partial charge in [0.1, 0.15) is 0 Å². The molecule has 1 atom stereocenters. The van der Waals surface area contributed by atoms with E-state index in [2.05, 4.69) is 0 Å². The molecule has 0 aliphatic heterocycles. The molecule has 0 bridgehead atoms. The van der Waals surface area contributed by atoms with Crippen LogP contribution in [0.3, 0.4) is 0 Å². The normalized spacial score (nSPS) is 11.7. The van der Waals surface area contributed by atoms with Crippen LogP contribution in [0, 0.1) is 11.3 Å². The minimum Gasteiger partial charge on any atom is -0.481 e. The molecular formula is C11H10ClNO2. The first-order chi connectivity index (χ1) is 7.15. The quantitative estimate of drug-likeness (QED) is 0.854. The van der Waals surface area contributed by atoms with Crippen LogP contribution in [0.5, 0.6) is 0 Å². The Kier molecular flexibility index (Phi) is 4.14. The topological polar surface area (TPSA) is 61.1 Å². The molecule has 1 unspecified atom stereocenters. The molecule has 3 nitrogen and oxygen atoms in total. The predicted molar refractivity (Wildman–Crippen MR) is 56.7 cm³/mol. The van der Waals surface area contributed by atoms with Crippen LogP contribution in [-0.4, -0.2) is 11.1 Å². The minimum atomic E-state index is -0.910. The van der Waals surface area contributed by atoms with E-state index in [1.165, 1.54) is 0 Å². The smallest absolute Gasteiger partial charge is 0.311 e. The molecule has 1 rings (SSSR count). The summed E-state index contributed by atoms with van der Waals surface area (Å²) in [5.41, 5.74) is 0.683. The van der Waals surface area contributed by atoms with E-state index in [9.17, 15) is 4.79 Å². The molecule has 0 radical (unpaired) electrons. The summed E-state index contributed by atoms with van der Waals surface area (Å²) in [4.78, 5) is 10.9. The number of carbonyl (C=O) groups is 1. The third-order valence-corrected chi connectivity index (χ3v) is 2.37. The van der Waals surface area contributed by atoms with Crippen LogP contribution in [0.15, 0.2) is 24.3 Å². The van der Waals surface area contributed by atoms with Gasteiger partial charge in [-0.15, -0.1) is 0 Å². The highest BCUT2D eigenvalue weighted by Gasteiger charge is 2.18. The van der Waals surface area contributed by atoms with E-state index in [0.717, 1.165) is 0 Å². The van der Waals surface area contributed by atoms with Crippen molar-refractivity contribution in [2.24, 2.45) is 0 Å². The molecule has 0 spiro atoms. The van der Waals surface area contributed by atoms with Crippen molar-refractivity contribution in [3.8, 4) is 6.07 Å². The molecule has 0 amide bonds. The van der Waals surface area contributed by atoms with Gasteiger partial charge in [-0.3, -0.25) is 4.79 Å². The average molecular weight is 224 g/mol. The second-order valence-electron chi connectivity index (χ2n) is 3.14. The third-order valence-electron chi connectivity index (χ3n) is 2.12. The predicted octanol–water partition coefficient (Wildman–Crippen LogP) is 2.81. The molecule has 0 aliphatic carbocycles. The van der Waals surface area contributed by atoms with Gasteiger partial charge in [-0.05, 0) is 24.1 Å². The van der Waals surface area contributed by atoms with Crippen LogP contribution in [0.4, 0.5) is 0 Å². The SMILES string of the molecule is N#CCCC(C(=O)O)c1ccc(Cl)cc1. The van der Waals surface area contributed by atoms with Crippen LogP contribution >= 0.6 is 11.6 Å². The van der Waals surface area contributed by atoms with E-state index in [0.29, 0.717) is 17.0 Å². The summed E-state index contributed by atoms with van der Waals surface area (Å²) in [7, 11) is 0. The zero-order valence-corrected chi connectivity index (χ0v) is 8.74. The lowest BCUT2D eigenvalue weighted by molar-refractivity contribution is -0.138. The Morgan fingerprint density at radius 2 is 2.07 bits per heavy atom. The summed E-state index contributed by atoms with van der Waals surface area (Å²) >= 11 is 5.70. The molecule has 0 aliphatic rings. The number of aliphatic carboxylic acids is 1. The maximum atomic E-state index is 10.9. The summed E-state index contributed by atoms with van der Waals surface area (Å²) in [6.45, 7) is 0. The number of benzene rings is 1. The van der Waals surface area contributed by atoms with E-state index in [-0.39, 0.29) is 6.42 Å². The number of hydrogen-bond donors (Lipinski definition) is 1. The van der Waals surface area contributed by atoms with Crippen LogP contribution < -0.4 is 0 Å². The fourth-order valence-electron chi connectivity index (χ4n) is 1.34. The van der Waals surface area contributed by atoms with Crippen molar-refractivity contribution in [1.82, 2.24) is 0 Å². The van der Waals surface area contributed by atoms with Gasteiger partial charge in [0.2, 0.25) is 0 Å². The van der Waals surface area contributed by atoms with Crippen molar-refractivity contribution in [2.75, 3.05) is 0 Å². The van der Waals surface area contributed by atoms with Crippen LogP contribution in [0.25, 0.3) is 0 Å². The third kappa shape index (κ3) is 3.26. The van der Waals surface area contributed by atoms with E-state index in [1.807, 2.05) is 6.07 Å².